The molecule has 5 heteroatoms. The minimum atomic E-state index is -1.08. The summed E-state index contributed by atoms with van der Waals surface area (Å²) >= 11 is 0. The van der Waals surface area contributed by atoms with Crippen LogP contribution in [0.2, 0.25) is 0 Å². The fraction of sp³-hybridized carbons (Fsp3) is 0.818. The van der Waals surface area contributed by atoms with E-state index in [4.69, 9.17) is 10.2 Å². The molecule has 0 amide bonds. The smallest absolute Gasteiger partial charge is 0.308 e. The Hall–Kier alpha value is -1.10. The number of carbonyl (C=O) groups is 2. The summed E-state index contributed by atoms with van der Waals surface area (Å²) in [7, 11) is 0. The highest BCUT2D eigenvalue weighted by Gasteiger charge is 2.22. The second-order valence-electron chi connectivity index (χ2n) is 4.78. The Morgan fingerprint density at radius 1 is 1.31 bits per heavy atom. The average Bonchev–Trinajstić information content (AvgIpc) is 2.15. The van der Waals surface area contributed by atoms with Crippen LogP contribution in [0.3, 0.4) is 0 Å². The minimum Gasteiger partial charge on any atom is -0.481 e. The molecule has 0 spiro atoms. The van der Waals surface area contributed by atoms with E-state index in [9.17, 15) is 9.59 Å². The van der Waals surface area contributed by atoms with Gasteiger partial charge in [-0.2, -0.15) is 0 Å². The van der Waals surface area contributed by atoms with E-state index in [0.717, 1.165) is 6.42 Å². The fourth-order valence-corrected chi connectivity index (χ4v) is 1.17. The molecule has 0 aliphatic heterocycles. The molecule has 0 saturated carbocycles. The van der Waals surface area contributed by atoms with Gasteiger partial charge in [0.15, 0.2) is 0 Å². The van der Waals surface area contributed by atoms with Crippen molar-refractivity contribution in [3.8, 4) is 0 Å². The molecule has 0 saturated heterocycles. The van der Waals surface area contributed by atoms with Crippen LogP contribution in [0.25, 0.3) is 0 Å². The quantitative estimate of drug-likeness (QED) is 0.584. The molecule has 0 heterocycles. The lowest BCUT2D eigenvalue weighted by Gasteiger charge is -2.23. The predicted molar refractivity (Wildman–Crippen MR) is 60.3 cm³/mol. The van der Waals surface area contributed by atoms with E-state index in [1.807, 2.05) is 0 Å². The first-order valence-electron chi connectivity index (χ1n) is 5.44. The summed E-state index contributed by atoms with van der Waals surface area (Å²) in [6.07, 6.45) is 0.644. The lowest BCUT2D eigenvalue weighted by atomic mass is 9.90. The molecule has 1 unspecified atom stereocenters. The molecule has 94 valence electrons. The van der Waals surface area contributed by atoms with Crippen LogP contribution in [-0.4, -0.2) is 35.2 Å². The van der Waals surface area contributed by atoms with Crippen LogP contribution < -0.4 is 5.32 Å². The zero-order valence-corrected chi connectivity index (χ0v) is 10.1. The third-order valence-corrected chi connectivity index (χ3v) is 2.72. The van der Waals surface area contributed by atoms with Gasteiger partial charge in [-0.05, 0) is 11.8 Å². The molecule has 0 fully saturated rings. The number of hydrogen-bond acceptors (Lipinski definition) is 3. The fourth-order valence-electron chi connectivity index (χ4n) is 1.17. The second kappa shape index (κ2) is 6.48. The summed E-state index contributed by atoms with van der Waals surface area (Å²) in [6, 6.07) is 0. The Morgan fingerprint density at radius 2 is 1.88 bits per heavy atom. The van der Waals surface area contributed by atoms with Crippen LogP contribution in [0.15, 0.2) is 0 Å². The van der Waals surface area contributed by atoms with Gasteiger partial charge < -0.3 is 15.5 Å². The largest absolute Gasteiger partial charge is 0.481 e. The second-order valence-corrected chi connectivity index (χ2v) is 4.78. The summed E-state index contributed by atoms with van der Waals surface area (Å²) < 4.78 is 0. The molecule has 0 aliphatic carbocycles. The summed E-state index contributed by atoms with van der Waals surface area (Å²) in [6.45, 7) is 7.10. The molecular formula is C11H21NO4. The van der Waals surface area contributed by atoms with E-state index in [2.05, 4.69) is 26.1 Å². The van der Waals surface area contributed by atoms with Gasteiger partial charge >= 0.3 is 11.9 Å². The number of rotatable bonds is 8. The Morgan fingerprint density at radius 3 is 2.25 bits per heavy atom. The van der Waals surface area contributed by atoms with E-state index in [1.54, 1.807) is 0 Å². The number of carboxylic acids is 2. The summed E-state index contributed by atoms with van der Waals surface area (Å²) in [5, 5.41) is 20.4. The number of carboxylic acid groups (broad SMARTS) is 2. The average molecular weight is 231 g/mol. The van der Waals surface area contributed by atoms with Gasteiger partial charge in [0, 0.05) is 13.1 Å². The maximum atomic E-state index is 10.8. The highest BCUT2D eigenvalue weighted by atomic mass is 16.4. The lowest BCUT2D eigenvalue weighted by molar-refractivity contribution is -0.148. The van der Waals surface area contributed by atoms with Crippen molar-refractivity contribution in [1.82, 2.24) is 5.32 Å². The number of nitrogens with one attached hydrogen (secondary N) is 1. The van der Waals surface area contributed by atoms with Gasteiger partial charge in [-0.25, -0.2) is 0 Å². The van der Waals surface area contributed by atoms with E-state index >= 15 is 0 Å². The topological polar surface area (TPSA) is 86.6 Å². The first-order chi connectivity index (χ1) is 7.28. The molecule has 0 aliphatic rings. The molecule has 5 nitrogen and oxygen atoms in total. The predicted octanol–water partition coefficient (Wildman–Crippen LogP) is 1.19. The Kier molecular flexibility index (Phi) is 6.03. The number of aliphatic carboxylic acids is 2. The zero-order chi connectivity index (χ0) is 12.8. The molecular weight excluding hydrogens is 210 g/mol. The Bertz CT molecular complexity index is 250. The third-order valence-electron chi connectivity index (χ3n) is 2.72. The van der Waals surface area contributed by atoms with Crippen molar-refractivity contribution in [2.45, 2.75) is 33.6 Å². The highest BCUT2D eigenvalue weighted by Crippen LogP contribution is 2.17. The molecule has 0 radical (unpaired) electrons. The van der Waals surface area contributed by atoms with Crippen LogP contribution >= 0.6 is 0 Å². The van der Waals surface area contributed by atoms with Crippen LogP contribution in [0.5, 0.6) is 0 Å². The van der Waals surface area contributed by atoms with E-state index in [-0.39, 0.29) is 18.4 Å². The van der Waals surface area contributed by atoms with Gasteiger partial charge in [0.2, 0.25) is 0 Å². The van der Waals surface area contributed by atoms with Crippen molar-refractivity contribution in [2.75, 3.05) is 13.1 Å². The first-order valence-corrected chi connectivity index (χ1v) is 5.44. The molecule has 0 aromatic rings. The van der Waals surface area contributed by atoms with E-state index < -0.39 is 17.9 Å². The normalized spacial score (nSPS) is 13.4. The third kappa shape index (κ3) is 6.40. The number of hydrogen-bond donors (Lipinski definition) is 3. The van der Waals surface area contributed by atoms with Gasteiger partial charge in [-0.1, -0.05) is 20.8 Å². The van der Waals surface area contributed by atoms with Crippen LogP contribution in [-0.2, 0) is 9.59 Å². The Labute approximate surface area is 95.9 Å². The maximum absolute atomic E-state index is 10.8. The van der Waals surface area contributed by atoms with Gasteiger partial charge in [0.05, 0.1) is 12.3 Å². The van der Waals surface area contributed by atoms with Gasteiger partial charge in [-0.3, -0.25) is 9.59 Å². The zero-order valence-electron chi connectivity index (χ0n) is 10.1. The molecule has 0 rings (SSSR count). The lowest BCUT2D eigenvalue weighted by Crippen LogP contribution is -2.35. The molecule has 0 aromatic carbocycles. The van der Waals surface area contributed by atoms with Gasteiger partial charge in [0.1, 0.15) is 0 Å². The molecule has 0 bridgehead atoms. The summed E-state index contributed by atoms with van der Waals surface area (Å²) in [5.41, 5.74) is 0.103. The monoisotopic (exact) mass is 231 g/mol. The van der Waals surface area contributed by atoms with Crippen LogP contribution in [0.1, 0.15) is 33.6 Å². The van der Waals surface area contributed by atoms with Crippen LogP contribution in [0.4, 0.5) is 0 Å². The first kappa shape index (κ1) is 14.9. The van der Waals surface area contributed by atoms with Crippen molar-refractivity contribution < 1.29 is 19.8 Å². The maximum Gasteiger partial charge on any atom is 0.308 e. The van der Waals surface area contributed by atoms with Gasteiger partial charge in [-0.15, -0.1) is 0 Å². The molecule has 3 N–H and O–H groups in total. The van der Waals surface area contributed by atoms with Crippen molar-refractivity contribution in [3.63, 3.8) is 0 Å². The molecule has 0 aromatic heterocycles. The van der Waals surface area contributed by atoms with Crippen molar-refractivity contribution in [2.24, 2.45) is 11.3 Å². The van der Waals surface area contributed by atoms with E-state index in [1.165, 1.54) is 0 Å². The highest BCUT2D eigenvalue weighted by molar-refractivity contribution is 5.77. The molecule has 16 heavy (non-hydrogen) atoms. The molecule has 1 atom stereocenters. The van der Waals surface area contributed by atoms with Gasteiger partial charge in [0.25, 0.3) is 0 Å². The van der Waals surface area contributed by atoms with Crippen molar-refractivity contribution in [3.05, 3.63) is 0 Å². The van der Waals surface area contributed by atoms with E-state index in [0.29, 0.717) is 6.54 Å². The Balaban J connectivity index is 4.04. The van der Waals surface area contributed by atoms with Crippen molar-refractivity contribution >= 4 is 11.9 Å². The SMILES string of the molecule is CCC(C)(C)CNCC(CC(=O)O)C(=O)O. The minimum absolute atomic E-state index is 0.103. The summed E-state index contributed by atoms with van der Waals surface area (Å²) in [4.78, 5) is 21.2. The van der Waals surface area contributed by atoms with Crippen molar-refractivity contribution in [1.29, 1.82) is 0 Å². The summed E-state index contributed by atoms with van der Waals surface area (Å²) in [5.74, 6) is -3.00. The standard InChI is InChI=1S/C11H21NO4/c1-4-11(2,3)7-12-6-8(10(15)16)5-9(13)14/h8,12H,4-7H2,1-3H3,(H,13,14)(H,15,16). The van der Waals surface area contributed by atoms with Crippen LogP contribution in [0, 0.1) is 11.3 Å².